The molecule has 1 rings (SSSR count). The summed E-state index contributed by atoms with van der Waals surface area (Å²) in [4.78, 5) is 0. The van der Waals surface area contributed by atoms with Gasteiger partial charge in [0.1, 0.15) is 5.82 Å². The molecule has 0 saturated heterocycles. The number of hydrogen-bond donors (Lipinski definition) is 1. The Morgan fingerprint density at radius 3 is 2.43 bits per heavy atom. The predicted octanol–water partition coefficient (Wildman–Crippen LogP) is 2.92. The highest BCUT2D eigenvalue weighted by molar-refractivity contribution is 6.30. The first kappa shape index (κ1) is 11.3. The number of halogens is 4. The van der Waals surface area contributed by atoms with Gasteiger partial charge >= 0.3 is 0 Å². The molecule has 1 nitrogen and oxygen atoms in total. The molecule has 1 atom stereocenters. The zero-order chi connectivity index (χ0) is 10.9. The lowest BCUT2D eigenvalue weighted by Crippen LogP contribution is -2.36. The summed E-state index contributed by atoms with van der Waals surface area (Å²) in [7, 11) is 0. The van der Waals surface area contributed by atoms with Gasteiger partial charge < -0.3 is 5.73 Å². The van der Waals surface area contributed by atoms with Gasteiger partial charge in [0.2, 0.25) is 0 Å². The van der Waals surface area contributed by atoms with Crippen molar-refractivity contribution in [1.29, 1.82) is 0 Å². The van der Waals surface area contributed by atoms with E-state index in [9.17, 15) is 13.2 Å². The Hall–Kier alpha value is -0.740. The van der Waals surface area contributed by atoms with Gasteiger partial charge in [-0.05, 0) is 25.1 Å². The molecule has 0 fully saturated rings. The molecular weight excluding hydrogens is 215 g/mol. The minimum Gasteiger partial charge on any atom is -0.323 e. The summed E-state index contributed by atoms with van der Waals surface area (Å²) < 4.78 is 39.6. The standard InChI is InChI=1S/C9H9ClF3N/c1-5(14)9(12,13)7-3-2-6(10)4-8(7)11/h2-5H,14H2,1H3. The van der Waals surface area contributed by atoms with Crippen LogP contribution in [0.5, 0.6) is 0 Å². The summed E-state index contributed by atoms with van der Waals surface area (Å²) in [5, 5.41) is 0.0757. The van der Waals surface area contributed by atoms with Crippen LogP contribution in [0, 0.1) is 5.82 Å². The first-order valence-corrected chi connectivity index (χ1v) is 4.32. The molecule has 1 aromatic carbocycles. The van der Waals surface area contributed by atoms with Crippen LogP contribution in [0.2, 0.25) is 5.02 Å². The Labute approximate surface area is 84.7 Å². The summed E-state index contributed by atoms with van der Waals surface area (Å²) in [6.45, 7) is 1.12. The maximum absolute atomic E-state index is 13.3. The molecule has 0 heterocycles. The second-order valence-corrected chi connectivity index (χ2v) is 3.47. The average Bonchev–Trinajstić information content (AvgIpc) is 2.02. The van der Waals surface area contributed by atoms with Crippen molar-refractivity contribution in [3.8, 4) is 0 Å². The van der Waals surface area contributed by atoms with Crippen molar-refractivity contribution in [2.45, 2.75) is 18.9 Å². The fourth-order valence-electron chi connectivity index (χ4n) is 1.01. The number of nitrogens with two attached hydrogens (primary N) is 1. The lowest BCUT2D eigenvalue weighted by molar-refractivity contribution is -0.0288. The van der Waals surface area contributed by atoms with Crippen molar-refractivity contribution in [1.82, 2.24) is 0 Å². The van der Waals surface area contributed by atoms with Crippen LogP contribution in [0.1, 0.15) is 12.5 Å². The molecule has 78 valence electrons. The quantitative estimate of drug-likeness (QED) is 0.820. The molecule has 0 aliphatic heterocycles. The lowest BCUT2D eigenvalue weighted by Gasteiger charge is -2.21. The number of hydrogen-bond acceptors (Lipinski definition) is 1. The molecule has 1 unspecified atom stereocenters. The lowest BCUT2D eigenvalue weighted by atomic mass is 10.0. The molecule has 14 heavy (non-hydrogen) atoms. The third kappa shape index (κ3) is 2.01. The van der Waals surface area contributed by atoms with Gasteiger partial charge in [-0.3, -0.25) is 0 Å². The van der Waals surface area contributed by atoms with Gasteiger partial charge in [0.25, 0.3) is 5.92 Å². The number of benzene rings is 1. The van der Waals surface area contributed by atoms with E-state index in [-0.39, 0.29) is 5.02 Å². The molecule has 2 N–H and O–H groups in total. The normalized spacial score (nSPS) is 14.1. The molecule has 0 aliphatic rings. The van der Waals surface area contributed by atoms with Crippen molar-refractivity contribution >= 4 is 11.6 Å². The summed E-state index contributed by atoms with van der Waals surface area (Å²) in [6.07, 6.45) is 0. The van der Waals surface area contributed by atoms with E-state index in [1.807, 2.05) is 0 Å². The monoisotopic (exact) mass is 223 g/mol. The average molecular weight is 224 g/mol. The summed E-state index contributed by atoms with van der Waals surface area (Å²) in [5.41, 5.74) is 4.33. The summed E-state index contributed by atoms with van der Waals surface area (Å²) in [6, 6.07) is 1.54. The molecule has 0 aromatic heterocycles. The van der Waals surface area contributed by atoms with E-state index in [0.717, 1.165) is 19.1 Å². The molecule has 0 spiro atoms. The van der Waals surface area contributed by atoms with E-state index in [4.69, 9.17) is 17.3 Å². The maximum atomic E-state index is 13.3. The fourth-order valence-corrected chi connectivity index (χ4v) is 1.16. The molecule has 0 amide bonds. The Morgan fingerprint density at radius 2 is 2.00 bits per heavy atom. The molecule has 5 heteroatoms. The zero-order valence-electron chi connectivity index (χ0n) is 7.40. The van der Waals surface area contributed by atoms with E-state index >= 15 is 0 Å². The van der Waals surface area contributed by atoms with Crippen LogP contribution in [-0.2, 0) is 5.92 Å². The molecule has 0 aliphatic carbocycles. The van der Waals surface area contributed by atoms with Crippen LogP contribution in [0.3, 0.4) is 0 Å². The highest BCUT2D eigenvalue weighted by atomic mass is 35.5. The van der Waals surface area contributed by atoms with Crippen LogP contribution < -0.4 is 5.73 Å². The second kappa shape index (κ2) is 3.79. The van der Waals surface area contributed by atoms with Gasteiger partial charge in [0.05, 0.1) is 11.6 Å². The fraction of sp³-hybridized carbons (Fsp3) is 0.333. The van der Waals surface area contributed by atoms with E-state index in [1.54, 1.807) is 0 Å². The Kier molecular flexibility index (Phi) is 3.07. The molecule has 0 bridgehead atoms. The molecule has 0 radical (unpaired) electrons. The van der Waals surface area contributed by atoms with E-state index in [1.165, 1.54) is 6.07 Å². The minimum absolute atomic E-state index is 0.0757. The van der Waals surface area contributed by atoms with E-state index < -0.39 is 23.3 Å². The first-order valence-electron chi connectivity index (χ1n) is 3.94. The SMILES string of the molecule is CC(N)C(F)(F)c1ccc(Cl)cc1F. The van der Waals surface area contributed by atoms with Crippen LogP contribution in [0.15, 0.2) is 18.2 Å². The van der Waals surface area contributed by atoms with Gasteiger partial charge in [-0.25, -0.2) is 4.39 Å². The third-order valence-corrected chi connectivity index (χ3v) is 2.10. The maximum Gasteiger partial charge on any atom is 0.290 e. The predicted molar refractivity (Wildman–Crippen MR) is 49.0 cm³/mol. The van der Waals surface area contributed by atoms with Crippen LogP contribution in [0.25, 0.3) is 0 Å². The Morgan fingerprint density at radius 1 is 1.43 bits per heavy atom. The van der Waals surface area contributed by atoms with E-state index in [2.05, 4.69) is 0 Å². The third-order valence-electron chi connectivity index (χ3n) is 1.86. The van der Waals surface area contributed by atoms with Crippen molar-refractivity contribution in [2.24, 2.45) is 5.73 Å². The molecular formula is C9H9ClF3N. The number of rotatable bonds is 2. The topological polar surface area (TPSA) is 26.0 Å². The summed E-state index contributed by atoms with van der Waals surface area (Å²) in [5.74, 6) is -4.42. The summed E-state index contributed by atoms with van der Waals surface area (Å²) >= 11 is 5.43. The number of alkyl halides is 2. The van der Waals surface area contributed by atoms with E-state index in [0.29, 0.717) is 0 Å². The van der Waals surface area contributed by atoms with Gasteiger partial charge in [0.15, 0.2) is 0 Å². The van der Waals surface area contributed by atoms with Gasteiger partial charge in [-0.2, -0.15) is 8.78 Å². The van der Waals surface area contributed by atoms with Gasteiger partial charge in [0, 0.05) is 5.02 Å². The van der Waals surface area contributed by atoms with Gasteiger partial charge in [-0.15, -0.1) is 0 Å². The van der Waals surface area contributed by atoms with Gasteiger partial charge in [-0.1, -0.05) is 11.6 Å². The van der Waals surface area contributed by atoms with Crippen LogP contribution >= 0.6 is 11.6 Å². The molecule has 0 saturated carbocycles. The molecule has 1 aromatic rings. The highest BCUT2D eigenvalue weighted by Crippen LogP contribution is 2.33. The smallest absolute Gasteiger partial charge is 0.290 e. The Balaban J connectivity index is 3.19. The van der Waals surface area contributed by atoms with Crippen molar-refractivity contribution in [2.75, 3.05) is 0 Å². The first-order chi connectivity index (χ1) is 6.35. The van der Waals surface area contributed by atoms with Crippen LogP contribution in [0.4, 0.5) is 13.2 Å². The highest BCUT2D eigenvalue weighted by Gasteiger charge is 2.38. The van der Waals surface area contributed by atoms with Crippen molar-refractivity contribution in [3.05, 3.63) is 34.6 Å². The largest absolute Gasteiger partial charge is 0.323 e. The second-order valence-electron chi connectivity index (χ2n) is 3.04. The van der Waals surface area contributed by atoms with Crippen molar-refractivity contribution in [3.63, 3.8) is 0 Å². The minimum atomic E-state index is -3.38. The zero-order valence-corrected chi connectivity index (χ0v) is 8.15. The Bertz CT molecular complexity index is 339. The van der Waals surface area contributed by atoms with Crippen LogP contribution in [-0.4, -0.2) is 6.04 Å². The van der Waals surface area contributed by atoms with Crippen molar-refractivity contribution < 1.29 is 13.2 Å².